The van der Waals surface area contributed by atoms with Crippen molar-refractivity contribution in [3.05, 3.63) is 46.2 Å². The first-order valence-corrected chi connectivity index (χ1v) is 7.84. The topological polar surface area (TPSA) is 50.3 Å². The summed E-state index contributed by atoms with van der Waals surface area (Å²) in [5.41, 5.74) is 2.45. The minimum Gasteiger partial charge on any atom is -0.250 e. The summed E-state index contributed by atoms with van der Waals surface area (Å²) < 4.78 is 39.2. The highest BCUT2D eigenvalue weighted by Crippen LogP contribution is 2.21. The van der Waals surface area contributed by atoms with Gasteiger partial charge in [-0.05, 0) is 19.1 Å². The van der Waals surface area contributed by atoms with Gasteiger partial charge in [0.1, 0.15) is 10.7 Å². The molecule has 2 rings (SSSR count). The number of rotatable bonds is 4. The molecule has 0 saturated heterocycles. The van der Waals surface area contributed by atoms with Crippen LogP contribution in [0.1, 0.15) is 10.6 Å². The number of hydrogen-bond acceptors (Lipinski definition) is 4. The van der Waals surface area contributed by atoms with Crippen molar-refractivity contribution in [2.45, 2.75) is 18.4 Å². The van der Waals surface area contributed by atoms with E-state index < -0.39 is 15.8 Å². The average Bonchev–Trinajstić information content (AvgIpc) is 2.75. The van der Waals surface area contributed by atoms with E-state index in [-0.39, 0.29) is 11.4 Å². The Kier molecular flexibility index (Phi) is 3.98. The molecule has 0 N–H and O–H groups in total. The standard InChI is InChI=1S/C12H13FN2O2S2/c1-9-11(18-8-14-9)7-15(2)19(16,17)12-6-4-3-5-10(12)13/h3-6,8H,7H2,1-2H3. The van der Waals surface area contributed by atoms with Crippen LogP contribution in [0, 0.1) is 12.7 Å². The summed E-state index contributed by atoms with van der Waals surface area (Å²) in [5, 5.41) is 0. The van der Waals surface area contributed by atoms with Gasteiger partial charge < -0.3 is 0 Å². The van der Waals surface area contributed by atoms with Crippen LogP contribution in [-0.4, -0.2) is 24.8 Å². The largest absolute Gasteiger partial charge is 0.250 e. The molecule has 0 radical (unpaired) electrons. The van der Waals surface area contributed by atoms with Gasteiger partial charge in [-0.25, -0.2) is 17.8 Å². The molecule has 4 nitrogen and oxygen atoms in total. The van der Waals surface area contributed by atoms with Crippen LogP contribution in [0.3, 0.4) is 0 Å². The lowest BCUT2D eigenvalue weighted by atomic mass is 10.3. The zero-order valence-electron chi connectivity index (χ0n) is 10.5. The van der Waals surface area contributed by atoms with E-state index >= 15 is 0 Å². The minimum atomic E-state index is -3.83. The summed E-state index contributed by atoms with van der Waals surface area (Å²) >= 11 is 1.38. The second kappa shape index (κ2) is 5.36. The van der Waals surface area contributed by atoms with E-state index in [2.05, 4.69) is 4.98 Å². The fourth-order valence-corrected chi connectivity index (χ4v) is 3.70. The Morgan fingerprint density at radius 3 is 2.63 bits per heavy atom. The van der Waals surface area contributed by atoms with Crippen molar-refractivity contribution in [2.24, 2.45) is 0 Å². The van der Waals surface area contributed by atoms with E-state index in [0.29, 0.717) is 0 Å². The van der Waals surface area contributed by atoms with E-state index in [4.69, 9.17) is 0 Å². The number of halogens is 1. The van der Waals surface area contributed by atoms with Crippen molar-refractivity contribution in [2.75, 3.05) is 7.05 Å². The van der Waals surface area contributed by atoms with E-state index in [1.54, 1.807) is 5.51 Å². The van der Waals surface area contributed by atoms with Gasteiger partial charge in [-0.2, -0.15) is 4.31 Å². The first kappa shape index (κ1) is 14.1. The van der Waals surface area contributed by atoms with Gasteiger partial charge in [0.05, 0.1) is 11.2 Å². The van der Waals surface area contributed by atoms with Crippen molar-refractivity contribution < 1.29 is 12.8 Å². The second-order valence-electron chi connectivity index (χ2n) is 4.05. The van der Waals surface area contributed by atoms with Gasteiger partial charge in [0.25, 0.3) is 0 Å². The lowest BCUT2D eigenvalue weighted by Crippen LogP contribution is -2.27. The maximum atomic E-state index is 13.6. The maximum absolute atomic E-state index is 13.6. The van der Waals surface area contributed by atoms with Crippen molar-refractivity contribution in [3.63, 3.8) is 0 Å². The molecule has 0 fully saturated rings. The Labute approximate surface area is 115 Å². The molecule has 0 aliphatic rings. The Morgan fingerprint density at radius 1 is 1.37 bits per heavy atom. The van der Waals surface area contributed by atoms with Crippen molar-refractivity contribution in [3.8, 4) is 0 Å². The zero-order valence-corrected chi connectivity index (χ0v) is 12.1. The highest BCUT2D eigenvalue weighted by molar-refractivity contribution is 7.89. The average molecular weight is 300 g/mol. The molecule has 0 atom stereocenters. The van der Waals surface area contributed by atoms with Gasteiger partial charge in [-0.3, -0.25) is 0 Å². The van der Waals surface area contributed by atoms with Gasteiger partial charge >= 0.3 is 0 Å². The molecule has 0 aliphatic heterocycles. The third-order valence-corrected chi connectivity index (χ3v) is 5.49. The van der Waals surface area contributed by atoms with E-state index in [0.717, 1.165) is 20.9 Å². The summed E-state index contributed by atoms with van der Waals surface area (Å²) in [5.74, 6) is -0.740. The van der Waals surface area contributed by atoms with Crippen LogP contribution in [0.4, 0.5) is 4.39 Å². The Hall–Kier alpha value is -1.31. The molecule has 0 aliphatic carbocycles. The van der Waals surface area contributed by atoms with E-state index in [9.17, 15) is 12.8 Å². The SMILES string of the molecule is Cc1ncsc1CN(C)S(=O)(=O)c1ccccc1F. The van der Waals surface area contributed by atoms with Gasteiger partial charge in [-0.15, -0.1) is 11.3 Å². The fraction of sp³-hybridized carbons (Fsp3) is 0.250. The summed E-state index contributed by atoms with van der Waals surface area (Å²) in [4.78, 5) is 4.61. The summed E-state index contributed by atoms with van der Waals surface area (Å²) in [6, 6.07) is 5.36. The van der Waals surface area contributed by atoms with Gasteiger partial charge in [0, 0.05) is 18.5 Å². The van der Waals surface area contributed by atoms with Crippen LogP contribution in [0.2, 0.25) is 0 Å². The molecular formula is C12H13FN2O2S2. The summed E-state index contributed by atoms with van der Waals surface area (Å²) in [7, 11) is -2.39. The molecule has 0 bridgehead atoms. The summed E-state index contributed by atoms with van der Waals surface area (Å²) in [6.45, 7) is 2.00. The maximum Gasteiger partial charge on any atom is 0.246 e. The lowest BCUT2D eigenvalue weighted by Gasteiger charge is -2.17. The monoisotopic (exact) mass is 300 g/mol. The molecule has 0 spiro atoms. The summed E-state index contributed by atoms with van der Waals surface area (Å²) in [6.07, 6.45) is 0. The number of benzene rings is 1. The fourth-order valence-electron chi connectivity index (χ4n) is 1.59. The Bertz CT molecular complexity index is 683. The Morgan fingerprint density at radius 2 is 2.05 bits per heavy atom. The van der Waals surface area contributed by atoms with Crippen LogP contribution < -0.4 is 0 Å². The minimum absolute atomic E-state index is 0.188. The number of nitrogens with zero attached hydrogens (tertiary/aromatic N) is 2. The Balaban J connectivity index is 2.30. The molecule has 0 amide bonds. The van der Waals surface area contributed by atoms with Crippen molar-refractivity contribution >= 4 is 21.4 Å². The predicted octanol–water partition coefficient (Wildman–Crippen LogP) is 2.41. The second-order valence-corrected chi connectivity index (χ2v) is 7.01. The molecule has 19 heavy (non-hydrogen) atoms. The molecule has 1 aromatic carbocycles. The van der Waals surface area contributed by atoms with Gasteiger partial charge in [0.2, 0.25) is 10.0 Å². The first-order valence-electron chi connectivity index (χ1n) is 5.52. The van der Waals surface area contributed by atoms with Crippen LogP contribution in [0.25, 0.3) is 0 Å². The highest BCUT2D eigenvalue weighted by atomic mass is 32.2. The molecule has 7 heteroatoms. The molecule has 0 unspecified atom stereocenters. The number of sulfonamides is 1. The molecule has 1 heterocycles. The number of aromatic nitrogens is 1. The molecule has 0 saturated carbocycles. The van der Waals surface area contributed by atoms with Crippen LogP contribution >= 0.6 is 11.3 Å². The van der Waals surface area contributed by atoms with E-state index in [1.807, 2.05) is 6.92 Å². The van der Waals surface area contributed by atoms with Crippen LogP contribution in [0.15, 0.2) is 34.7 Å². The molecule has 1 aromatic heterocycles. The number of thiazole rings is 1. The van der Waals surface area contributed by atoms with Crippen LogP contribution in [-0.2, 0) is 16.6 Å². The first-order chi connectivity index (χ1) is 8.93. The van der Waals surface area contributed by atoms with E-state index in [1.165, 1.54) is 36.6 Å². The predicted molar refractivity (Wildman–Crippen MR) is 71.9 cm³/mol. The van der Waals surface area contributed by atoms with Crippen molar-refractivity contribution in [1.82, 2.24) is 9.29 Å². The normalized spacial score (nSPS) is 12.0. The zero-order chi connectivity index (χ0) is 14.0. The molecule has 2 aromatic rings. The third kappa shape index (κ3) is 2.83. The third-order valence-electron chi connectivity index (χ3n) is 2.74. The molecule has 102 valence electrons. The lowest BCUT2D eigenvalue weighted by molar-refractivity contribution is 0.461. The van der Waals surface area contributed by atoms with Gasteiger partial charge in [0.15, 0.2) is 0 Å². The van der Waals surface area contributed by atoms with Crippen LogP contribution in [0.5, 0.6) is 0 Å². The number of aryl methyl sites for hydroxylation is 1. The van der Waals surface area contributed by atoms with Gasteiger partial charge in [-0.1, -0.05) is 12.1 Å². The smallest absolute Gasteiger partial charge is 0.246 e. The number of hydrogen-bond donors (Lipinski definition) is 0. The van der Waals surface area contributed by atoms with Crippen molar-refractivity contribution in [1.29, 1.82) is 0 Å². The molecular weight excluding hydrogens is 287 g/mol. The quantitative estimate of drug-likeness (QED) is 0.871. The highest BCUT2D eigenvalue weighted by Gasteiger charge is 2.24.